The summed E-state index contributed by atoms with van der Waals surface area (Å²) in [6, 6.07) is 18.2. The van der Waals surface area contributed by atoms with E-state index in [1.807, 2.05) is 6.92 Å². The van der Waals surface area contributed by atoms with Crippen LogP contribution in [0.2, 0.25) is 0 Å². The molecule has 34 heavy (non-hydrogen) atoms. The molecule has 3 aromatic rings. The summed E-state index contributed by atoms with van der Waals surface area (Å²) in [5.74, 6) is -0.210. The Kier molecular flexibility index (Phi) is 7.08. The second-order valence-corrected chi connectivity index (χ2v) is 10.7. The van der Waals surface area contributed by atoms with Gasteiger partial charge in [-0.15, -0.1) is 0 Å². The highest BCUT2D eigenvalue weighted by molar-refractivity contribution is 7.92. The predicted octanol–water partition coefficient (Wildman–Crippen LogP) is 5.86. The van der Waals surface area contributed by atoms with Crippen LogP contribution in [0.5, 0.6) is 0 Å². The van der Waals surface area contributed by atoms with Crippen molar-refractivity contribution in [2.75, 3.05) is 4.72 Å². The van der Waals surface area contributed by atoms with Gasteiger partial charge in [0.15, 0.2) is 0 Å². The highest BCUT2D eigenvalue weighted by atomic mass is 32.2. The standard InChI is InChI=1S/C28H32N2O3S/c1-4-26(23-15-14-21-8-5-6-9-22(21)18-23)29-28(31)25-10-7-11-27(20(25)3)30-34(32,33)24-16-12-19(2)13-17-24/h7,10-18,26,30H,4-6,8-9H2,1-3H3,(H,29,31). The first-order valence-electron chi connectivity index (χ1n) is 11.9. The summed E-state index contributed by atoms with van der Waals surface area (Å²) in [7, 11) is -3.76. The van der Waals surface area contributed by atoms with Crippen LogP contribution in [0, 0.1) is 13.8 Å². The molecule has 0 saturated heterocycles. The van der Waals surface area contributed by atoms with E-state index in [4.69, 9.17) is 0 Å². The van der Waals surface area contributed by atoms with Crippen LogP contribution in [0.3, 0.4) is 0 Å². The molecule has 1 unspecified atom stereocenters. The van der Waals surface area contributed by atoms with Gasteiger partial charge in [0, 0.05) is 5.56 Å². The molecule has 5 nitrogen and oxygen atoms in total. The van der Waals surface area contributed by atoms with Gasteiger partial charge in [0.05, 0.1) is 16.6 Å². The number of amides is 1. The lowest BCUT2D eigenvalue weighted by molar-refractivity contribution is 0.0935. The molecule has 0 spiro atoms. The van der Waals surface area contributed by atoms with Crippen LogP contribution in [-0.4, -0.2) is 14.3 Å². The molecule has 1 atom stereocenters. The van der Waals surface area contributed by atoms with E-state index in [9.17, 15) is 13.2 Å². The monoisotopic (exact) mass is 476 g/mol. The minimum Gasteiger partial charge on any atom is -0.345 e. The van der Waals surface area contributed by atoms with Gasteiger partial charge in [-0.2, -0.15) is 0 Å². The lowest BCUT2D eigenvalue weighted by atomic mass is 9.88. The molecule has 2 N–H and O–H groups in total. The molecule has 0 fully saturated rings. The number of nitrogens with one attached hydrogen (secondary N) is 2. The van der Waals surface area contributed by atoms with Gasteiger partial charge < -0.3 is 5.32 Å². The van der Waals surface area contributed by atoms with Gasteiger partial charge in [-0.05, 0) is 92.5 Å². The number of rotatable bonds is 7. The maximum absolute atomic E-state index is 13.2. The SMILES string of the molecule is CCC(NC(=O)c1cccc(NS(=O)(=O)c2ccc(C)cc2)c1C)c1ccc2c(c1)CCCC2. The molecule has 1 amide bonds. The predicted molar refractivity (Wildman–Crippen MR) is 137 cm³/mol. The number of aryl methyl sites for hydroxylation is 3. The fourth-order valence-electron chi connectivity index (χ4n) is 4.54. The van der Waals surface area contributed by atoms with Crippen molar-refractivity contribution in [3.63, 3.8) is 0 Å². The average molecular weight is 477 g/mol. The van der Waals surface area contributed by atoms with Crippen LogP contribution < -0.4 is 10.0 Å². The molecular formula is C28H32N2O3S. The van der Waals surface area contributed by atoms with Gasteiger partial charge in [-0.3, -0.25) is 9.52 Å². The zero-order chi connectivity index (χ0) is 24.3. The zero-order valence-electron chi connectivity index (χ0n) is 20.0. The van der Waals surface area contributed by atoms with Crippen molar-refractivity contribution < 1.29 is 13.2 Å². The summed E-state index contributed by atoms with van der Waals surface area (Å²) < 4.78 is 28.4. The Balaban J connectivity index is 1.54. The van der Waals surface area contributed by atoms with E-state index >= 15 is 0 Å². The molecule has 6 heteroatoms. The number of benzene rings is 3. The number of fused-ring (bicyclic) bond motifs is 1. The average Bonchev–Trinajstić information content (AvgIpc) is 2.83. The molecule has 0 radical (unpaired) electrons. The Labute approximate surface area is 202 Å². The molecule has 0 saturated carbocycles. The summed E-state index contributed by atoms with van der Waals surface area (Å²) in [4.78, 5) is 13.4. The minimum atomic E-state index is -3.76. The topological polar surface area (TPSA) is 75.3 Å². The van der Waals surface area contributed by atoms with Crippen LogP contribution in [0.15, 0.2) is 65.6 Å². The van der Waals surface area contributed by atoms with Gasteiger partial charge >= 0.3 is 0 Å². The first-order chi connectivity index (χ1) is 16.3. The third kappa shape index (κ3) is 5.17. The fraction of sp³-hybridized carbons (Fsp3) is 0.321. The minimum absolute atomic E-state index is 0.105. The smallest absolute Gasteiger partial charge is 0.261 e. The molecule has 4 rings (SSSR count). The summed E-state index contributed by atoms with van der Waals surface area (Å²) in [6.45, 7) is 5.73. The molecule has 3 aromatic carbocycles. The molecule has 0 aliphatic heterocycles. The molecule has 1 aliphatic carbocycles. The third-order valence-corrected chi connectivity index (χ3v) is 8.02. The Morgan fingerprint density at radius 3 is 2.35 bits per heavy atom. The Bertz CT molecular complexity index is 1300. The summed E-state index contributed by atoms with van der Waals surface area (Å²) in [6.07, 6.45) is 5.44. The Morgan fingerprint density at radius 1 is 0.941 bits per heavy atom. The first-order valence-corrected chi connectivity index (χ1v) is 13.4. The van der Waals surface area contributed by atoms with Gasteiger partial charge in [-0.1, -0.05) is 48.9 Å². The molecule has 0 heterocycles. The second kappa shape index (κ2) is 10.0. The number of hydrogen-bond donors (Lipinski definition) is 2. The number of hydrogen-bond acceptors (Lipinski definition) is 3. The highest BCUT2D eigenvalue weighted by Gasteiger charge is 2.21. The van der Waals surface area contributed by atoms with Gasteiger partial charge in [0.25, 0.3) is 15.9 Å². The Morgan fingerprint density at radius 2 is 1.65 bits per heavy atom. The lowest BCUT2D eigenvalue weighted by Crippen LogP contribution is -2.29. The van der Waals surface area contributed by atoms with Crippen LogP contribution >= 0.6 is 0 Å². The van der Waals surface area contributed by atoms with Gasteiger partial charge in [0.1, 0.15) is 0 Å². The summed E-state index contributed by atoms with van der Waals surface area (Å²) in [5, 5.41) is 3.16. The van der Waals surface area contributed by atoms with Crippen LogP contribution in [-0.2, 0) is 22.9 Å². The fourth-order valence-corrected chi connectivity index (χ4v) is 5.66. The first kappa shape index (κ1) is 24.0. The van der Waals surface area contributed by atoms with E-state index in [1.165, 1.54) is 24.0 Å². The number of sulfonamides is 1. The molecule has 1 aliphatic rings. The number of anilines is 1. The summed E-state index contributed by atoms with van der Waals surface area (Å²) >= 11 is 0. The molecule has 0 bridgehead atoms. The molecular weight excluding hydrogens is 444 g/mol. The van der Waals surface area contributed by atoms with E-state index in [0.717, 1.165) is 30.4 Å². The quantitative estimate of drug-likeness (QED) is 0.448. The third-order valence-electron chi connectivity index (χ3n) is 6.64. The van der Waals surface area contributed by atoms with E-state index in [2.05, 4.69) is 35.2 Å². The number of carbonyl (C=O) groups excluding carboxylic acids is 1. The van der Waals surface area contributed by atoms with Crippen molar-refractivity contribution in [2.24, 2.45) is 0 Å². The second-order valence-electron chi connectivity index (χ2n) is 9.07. The maximum atomic E-state index is 13.2. The largest absolute Gasteiger partial charge is 0.345 e. The normalized spacial score (nSPS) is 14.2. The van der Waals surface area contributed by atoms with Crippen molar-refractivity contribution in [1.29, 1.82) is 0 Å². The van der Waals surface area contributed by atoms with Gasteiger partial charge in [-0.25, -0.2) is 8.42 Å². The van der Waals surface area contributed by atoms with E-state index in [1.54, 1.807) is 49.4 Å². The van der Waals surface area contributed by atoms with Crippen LogP contribution in [0.1, 0.15) is 70.4 Å². The van der Waals surface area contributed by atoms with Crippen LogP contribution in [0.25, 0.3) is 0 Å². The zero-order valence-corrected chi connectivity index (χ0v) is 20.8. The molecule has 0 aromatic heterocycles. The van der Waals surface area contributed by atoms with E-state index in [0.29, 0.717) is 16.8 Å². The van der Waals surface area contributed by atoms with E-state index in [-0.39, 0.29) is 16.8 Å². The molecule has 178 valence electrons. The van der Waals surface area contributed by atoms with Crippen molar-refractivity contribution in [3.05, 3.63) is 94.0 Å². The highest BCUT2D eigenvalue weighted by Crippen LogP contribution is 2.27. The Hall–Kier alpha value is -3.12. The lowest BCUT2D eigenvalue weighted by Gasteiger charge is -2.22. The van der Waals surface area contributed by atoms with Crippen molar-refractivity contribution >= 4 is 21.6 Å². The summed E-state index contributed by atoms with van der Waals surface area (Å²) in [5.41, 5.74) is 6.36. The van der Waals surface area contributed by atoms with Crippen molar-refractivity contribution in [2.45, 2.75) is 63.8 Å². The van der Waals surface area contributed by atoms with Gasteiger partial charge in [0.2, 0.25) is 0 Å². The van der Waals surface area contributed by atoms with Crippen LogP contribution in [0.4, 0.5) is 5.69 Å². The van der Waals surface area contributed by atoms with Crippen molar-refractivity contribution in [1.82, 2.24) is 5.32 Å². The van der Waals surface area contributed by atoms with Crippen molar-refractivity contribution in [3.8, 4) is 0 Å². The van der Waals surface area contributed by atoms with E-state index < -0.39 is 10.0 Å². The number of carbonyl (C=O) groups is 1. The maximum Gasteiger partial charge on any atom is 0.261 e.